The Morgan fingerprint density at radius 2 is 2.55 bits per heavy atom. The first-order chi connectivity index (χ1) is 5.42. The molecule has 50 valence electrons. The summed E-state index contributed by atoms with van der Waals surface area (Å²) in [6.07, 6.45) is 6.01. The van der Waals surface area contributed by atoms with Gasteiger partial charge in [-0.15, -0.1) is 0 Å². The molecule has 0 spiro atoms. The van der Waals surface area contributed by atoms with E-state index in [2.05, 4.69) is 16.1 Å². The van der Waals surface area contributed by atoms with E-state index >= 15 is 0 Å². The van der Waals surface area contributed by atoms with E-state index < -0.39 is 0 Å². The second-order valence-electron chi connectivity index (χ2n) is 2.13. The number of allylic oxidation sites excluding steroid dienone is 1. The lowest BCUT2D eigenvalue weighted by molar-refractivity contribution is 1.16. The molecule has 0 aromatic carbocycles. The zero-order chi connectivity index (χ0) is 7.68. The number of nitrogens with one attached hydrogen (secondary N) is 1. The molecule has 0 amide bonds. The molecule has 1 aromatic rings. The largest absolute Gasteiger partial charge is 0.334 e. The number of nitrogens with zero attached hydrogens (tertiary/aromatic N) is 2. The van der Waals surface area contributed by atoms with E-state index in [4.69, 9.17) is 5.26 Å². The predicted octanol–water partition coefficient (Wildman–Crippen LogP) is -0.361. The first kappa shape index (κ1) is 5.84. The van der Waals surface area contributed by atoms with Crippen molar-refractivity contribution in [3.05, 3.63) is 35.2 Å². The zero-order valence-corrected chi connectivity index (χ0v) is 5.63. The monoisotopic (exact) mass is 142 g/mol. The van der Waals surface area contributed by atoms with Crippen molar-refractivity contribution >= 4 is 5.57 Å². The van der Waals surface area contributed by atoms with Crippen molar-refractivity contribution < 1.29 is 0 Å². The van der Waals surface area contributed by atoms with E-state index in [1.165, 1.54) is 6.20 Å². The normalized spacial score (nSPS) is 12.8. The fraction of sp³-hybridized carbons (Fsp3) is 0. The van der Waals surface area contributed by atoms with Crippen molar-refractivity contribution in [3.8, 4) is 6.07 Å². The molecule has 0 unspecified atom stereocenters. The Kier molecular flexibility index (Phi) is 1.09. The van der Waals surface area contributed by atoms with Crippen LogP contribution in [0.3, 0.4) is 0 Å². The van der Waals surface area contributed by atoms with Gasteiger partial charge < -0.3 is 4.98 Å². The van der Waals surface area contributed by atoms with Gasteiger partial charge >= 0.3 is 0 Å². The fourth-order valence-corrected chi connectivity index (χ4v) is 1.00. The van der Waals surface area contributed by atoms with Crippen LogP contribution in [0, 0.1) is 17.4 Å². The fourth-order valence-electron chi connectivity index (χ4n) is 1.00. The molecule has 0 fully saturated rings. The molecule has 2 heterocycles. The van der Waals surface area contributed by atoms with Crippen molar-refractivity contribution in [2.45, 2.75) is 0 Å². The van der Waals surface area contributed by atoms with Crippen molar-refractivity contribution in [3.63, 3.8) is 0 Å². The van der Waals surface area contributed by atoms with E-state index in [1.807, 2.05) is 12.1 Å². The minimum atomic E-state index is 0.538. The van der Waals surface area contributed by atoms with Gasteiger partial charge in [-0.25, -0.2) is 4.99 Å². The van der Waals surface area contributed by atoms with Gasteiger partial charge in [0.1, 0.15) is 6.20 Å². The number of H-pyrrole nitrogens is 1. The minimum Gasteiger partial charge on any atom is -0.334 e. The molecule has 0 atom stereocenters. The molecule has 3 nitrogen and oxygen atoms in total. The number of hydrogen-bond acceptors (Lipinski definition) is 2. The summed E-state index contributed by atoms with van der Waals surface area (Å²) in [6, 6.07) is 3.86. The first-order valence-corrected chi connectivity index (χ1v) is 3.15. The highest BCUT2D eigenvalue weighted by Crippen LogP contribution is 1.92. The SMILES string of the molecule is N#CC1=c2cc[nH]c2=NC=[C+]1. The maximum Gasteiger partial charge on any atom is 0.292 e. The molecular weight excluding hydrogens is 138 g/mol. The quantitative estimate of drug-likeness (QED) is 0.494. The third-order valence-corrected chi connectivity index (χ3v) is 1.51. The standard InChI is InChI=1S/C8H4N3/c9-5-6-1-3-10-8-7(6)2-4-11-8/h2-4H,(H,10,11)/q+1. The van der Waals surface area contributed by atoms with Gasteiger partial charge in [-0.2, -0.15) is 0 Å². The van der Waals surface area contributed by atoms with Gasteiger partial charge in [-0.05, 0) is 0 Å². The summed E-state index contributed by atoms with van der Waals surface area (Å²) in [5.41, 5.74) is 1.27. The van der Waals surface area contributed by atoms with Crippen LogP contribution in [-0.4, -0.2) is 4.98 Å². The van der Waals surface area contributed by atoms with E-state index in [9.17, 15) is 0 Å². The number of fused-ring (bicyclic) bond motifs is 1. The van der Waals surface area contributed by atoms with Gasteiger partial charge in [0, 0.05) is 12.3 Å². The molecule has 1 aliphatic heterocycles. The van der Waals surface area contributed by atoms with Crippen molar-refractivity contribution in [2.75, 3.05) is 0 Å². The van der Waals surface area contributed by atoms with Crippen LogP contribution in [0.5, 0.6) is 0 Å². The van der Waals surface area contributed by atoms with E-state index in [1.54, 1.807) is 6.20 Å². The average Bonchev–Trinajstić information content (AvgIpc) is 2.50. The Morgan fingerprint density at radius 1 is 1.64 bits per heavy atom. The summed E-state index contributed by atoms with van der Waals surface area (Å²) < 4.78 is 0. The highest BCUT2D eigenvalue weighted by molar-refractivity contribution is 5.66. The molecular formula is C8H4N3+. The Morgan fingerprint density at radius 3 is 3.36 bits per heavy atom. The first-order valence-electron chi connectivity index (χ1n) is 3.15. The summed E-state index contributed by atoms with van der Waals surface area (Å²) in [4.78, 5) is 6.90. The summed E-state index contributed by atoms with van der Waals surface area (Å²) >= 11 is 0. The second-order valence-corrected chi connectivity index (χ2v) is 2.13. The van der Waals surface area contributed by atoms with Crippen molar-refractivity contribution in [1.82, 2.24) is 4.98 Å². The molecule has 11 heavy (non-hydrogen) atoms. The van der Waals surface area contributed by atoms with Gasteiger partial charge in [0.2, 0.25) is 5.49 Å². The topological polar surface area (TPSA) is 51.9 Å². The Balaban J connectivity index is 2.98. The van der Waals surface area contributed by atoms with E-state index in [0.717, 1.165) is 10.7 Å². The van der Waals surface area contributed by atoms with Gasteiger partial charge in [0.05, 0.1) is 6.08 Å². The van der Waals surface area contributed by atoms with E-state index in [0.29, 0.717) is 5.57 Å². The number of hydrogen-bond donors (Lipinski definition) is 1. The smallest absolute Gasteiger partial charge is 0.292 e. The van der Waals surface area contributed by atoms with Crippen molar-refractivity contribution in [1.29, 1.82) is 5.26 Å². The number of nitriles is 1. The van der Waals surface area contributed by atoms with Crippen LogP contribution in [0.4, 0.5) is 0 Å². The number of aromatic nitrogens is 1. The molecule has 0 saturated carbocycles. The van der Waals surface area contributed by atoms with Gasteiger partial charge in [-0.1, -0.05) is 5.26 Å². The molecule has 0 radical (unpaired) electrons. The molecule has 2 rings (SSSR count). The van der Waals surface area contributed by atoms with Crippen LogP contribution in [0.1, 0.15) is 0 Å². The van der Waals surface area contributed by atoms with E-state index in [-0.39, 0.29) is 0 Å². The molecule has 0 bridgehead atoms. The number of aromatic amines is 1. The molecule has 0 saturated heterocycles. The summed E-state index contributed by atoms with van der Waals surface area (Å²) in [5, 5.41) is 9.46. The predicted molar refractivity (Wildman–Crippen MR) is 38.4 cm³/mol. The van der Waals surface area contributed by atoms with Crippen LogP contribution in [0.15, 0.2) is 23.5 Å². The highest BCUT2D eigenvalue weighted by Gasteiger charge is 2.10. The van der Waals surface area contributed by atoms with Crippen LogP contribution in [0.25, 0.3) is 5.57 Å². The van der Waals surface area contributed by atoms with Crippen LogP contribution >= 0.6 is 0 Å². The zero-order valence-electron chi connectivity index (χ0n) is 5.63. The molecule has 1 N–H and O–H groups in total. The summed E-state index contributed by atoms with van der Waals surface area (Å²) in [7, 11) is 0. The molecule has 0 aliphatic carbocycles. The maximum atomic E-state index is 8.63. The Hall–Kier alpha value is -1.91. The molecule has 3 heteroatoms. The van der Waals surface area contributed by atoms with Crippen molar-refractivity contribution in [2.24, 2.45) is 4.99 Å². The van der Waals surface area contributed by atoms with Crippen LogP contribution < -0.4 is 10.7 Å². The Labute approximate surface area is 63.0 Å². The lowest BCUT2D eigenvalue weighted by atomic mass is 10.2. The number of rotatable bonds is 0. The van der Waals surface area contributed by atoms with Gasteiger partial charge in [0.15, 0.2) is 5.22 Å². The Bertz CT molecular complexity index is 456. The molecule has 1 aliphatic rings. The maximum absolute atomic E-state index is 8.63. The lowest BCUT2D eigenvalue weighted by Gasteiger charge is -1.77. The third-order valence-electron chi connectivity index (χ3n) is 1.51. The molecule has 1 aromatic heterocycles. The van der Waals surface area contributed by atoms with Gasteiger partial charge in [0.25, 0.3) is 11.6 Å². The van der Waals surface area contributed by atoms with Crippen LogP contribution in [0.2, 0.25) is 0 Å². The average molecular weight is 142 g/mol. The van der Waals surface area contributed by atoms with Crippen LogP contribution in [-0.2, 0) is 0 Å². The summed E-state index contributed by atoms with van der Waals surface area (Å²) in [6.45, 7) is 0. The third kappa shape index (κ3) is 0.743. The summed E-state index contributed by atoms with van der Waals surface area (Å²) in [5.74, 6) is 0. The second kappa shape index (κ2) is 2.05. The minimum absolute atomic E-state index is 0.538. The lowest BCUT2D eigenvalue weighted by Crippen LogP contribution is -2.25. The van der Waals surface area contributed by atoms with Gasteiger partial charge in [-0.3, -0.25) is 0 Å². The highest BCUT2D eigenvalue weighted by atomic mass is 14.8.